The third kappa shape index (κ3) is 4.17. The van der Waals surface area contributed by atoms with Gasteiger partial charge in [0.25, 0.3) is 0 Å². The van der Waals surface area contributed by atoms with E-state index in [1.165, 1.54) is 5.56 Å². The highest BCUT2D eigenvalue weighted by Crippen LogP contribution is 2.26. The Morgan fingerprint density at radius 3 is 2.76 bits per heavy atom. The van der Waals surface area contributed by atoms with Crippen molar-refractivity contribution in [2.75, 3.05) is 31.2 Å². The molecule has 0 unspecified atom stereocenters. The van der Waals surface area contributed by atoms with Crippen molar-refractivity contribution in [2.45, 2.75) is 46.7 Å². The van der Waals surface area contributed by atoms with Crippen LogP contribution in [-0.4, -0.2) is 36.8 Å². The number of hydrogen-bond acceptors (Lipinski definition) is 4. The molecule has 0 aliphatic carbocycles. The van der Waals surface area contributed by atoms with Gasteiger partial charge in [0.1, 0.15) is 5.82 Å². The van der Waals surface area contributed by atoms with Gasteiger partial charge in [-0.05, 0) is 44.9 Å². The standard InChI is InChI=1S/C17H29N3O/c1-13(2)10-18-11-15-6-7-16(19-14(15)3)20-8-9-21-12-17(20,4)5/h6-7,13,18H,8-12H2,1-5H3. The number of morpholine rings is 1. The SMILES string of the molecule is Cc1nc(N2CCOCC2(C)C)ccc1CNCC(C)C. The third-order valence-corrected chi connectivity index (χ3v) is 3.97. The Bertz CT molecular complexity index is 471. The van der Waals surface area contributed by atoms with Crippen molar-refractivity contribution in [2.24, 2.45) is 5.92 Å². The summed E-state index contributed by atoms with van der Waals surface area (Å²) in [6, 6.07) is 4.35. The summed E-state index contributed by atoms with van der Waals surface area (Å²) in [5.74, 6) is 1.74. The second-order valence-corrected chi connectivity index (χ2v) is 6.96. The van der Waals surface area contributed by atoms with Crippen LogP contribution in [0.25, 0.3) is 0 Å². The first-order chi connectivity index (χ1) is 9.90. The van der Waals surface area contributed by atoms with Crippen LogP contribution >= 0.6 is 0 Å². The average molecular weight is 291 g/mol. The fourth-order valence-electron chi connectivity index (χ4n) is 2.69. The van der Waals surface area contributed by atoms with E-state index in [9.17, 15) is 0 Å². The van der Waals surface area contributed by atoms with Crippen LogP contribution in [0.2, 0.25) is 0 Å². The Morgan fingerprint density at radius 2 is 2.14 bits per heavy atom. The van der Waals surface area contributed by atoms with Gasteiger partial charge < -0.3 is 15.0 Å². The van der Waals surface area contributed by atoms with Crippen LogP contribution in [0.15, 0.2) is 12.1 Å². The average Bonchev–Trinajstić information content (AvgIpc) is 2.40. The lowest BCUT2D eigenvalue weighted by molar-refractivity contribution is 0.0639. The molecule has 0 saturated carbocycles. The van der Waals surface area contributed by atoms with Crippen molar-refractivity contribution in [3.8, 4) is 0 Å². The number of ether oxygens (including phenoxy) is 1. The second kappa shape index (κ2) is 6.75. The molecule has 1 saturated heterocycles. The number of nitrogens with zero attached hydrogens (tertiary/aromatic N) is 2. The molecule has 118 valence electrons. The number of aryl methyl sites for hydroxylation is 1. The van der Waals surface area contributed by atoms with Crippen molar-refractivity contribution < 1.29 is 4.74 Å². The topological polar surface area (TPSA) is 37.4 Å². The van der Waals surface area contributed by atoms with E-state index in [1.54, 1.807) is 0 Å². The van der Waals surface area contributed by atoms with Crippen LogP contribution in [0, 0.1) is 12.8 Å². The maximum absolute atomic E-state index is 5.59. The van der Waals surface area contributed by atoms with Crippen molar-refractivity contribution in [1.82, 2.24) is 10.3 Å². The van der Waals surface area contributed by atoms with Gasteiger partial charge in [0.05, 0.1) is 18.8 Å². The predicted octanol–water partition coefficient (Wildman–Crippen LogP) is 2.75. The number of nitrogens with one attached hydrogen (secondary N) is 1. The zero-order chi connectivity index (χ0) is 15.5. The molecule has 1 aliphatic rings. The molecular weight excluding hydrogens is 262 g/mol. The summed E-state index contributed by atoms with van der Waals surface area (Å²) in [5.41, 5.74) is 2.41. The van der Waals surface area contributed by atoms with Gasteiger partial charge in [-0.1, -0.05) is 19.9 Å². The number of rotatable bonds is 5. The lowest BCUT2D eigenvalue weighted by atomic mass is 10.0. The van der Waals surface area contributed by atoms with E-state index in [1.807, 2.05) is 0 Å². The van der Waals surface area contributed by atoms with Crippen LogP contribution in [0.1, 0.15) is 39.0 Å². The molecule has 1 aromatic heterocycles. The first-order valence-corrected chi connectivity index (χ1v) is 7.93. The summed E-state index contributed by atoms with van der Waals surface area (Å²) in [7, 11) is 0. The zero-order valence-corrected chi connectivity index (χ0v) is 14.1. The van der Waals surface area contributed by atoms with Gasteiger partial charge in [0.2, 0.25) is 0 Å². The quantitative estimate of drug-likeness (QED) is 0.905. The summed E-state index contributed by atoms with van der Waals surface area (Å²) in [6.45, 7) is 15.3. The van der Waals surface area contributed by atoms with Gasteiger partial charge in [-0.15, -0.1) is 0 Å². The Hall–Kier alpha value is -1.13. The first kappa shape index (κ1) is 16.2. The van der Waals surface area contributed by atoms with Crippen LogP contribution in [0.4, 0.5) is 5.82 Å². The molecule has 1 aliphatic heterocycles. The Kier molecular flexibility index (Phi) is 5.22. The molecule has 2 rings (SSSR count). The minimum Gasteiger partial charge on any atom is -0.377 e. The third-order valence-electron chi connectivity index (χ3n) is 3.97. The number of pyridine rings is 1. The molecule has 0 spiro atoms. The summed E-state index contributed by atoms with van der Waals surface area (Å²) in [6.07, 6.45) is 0. The summed E-state index contributed by atoms with van der Waals surface area (Å²) >= 11 is 0. The molecule has 0 aromatic carbocycles. The largest absolute Gasteiger partial charge is 0.377 e. The highest BCUT2D eigenvalue weighted by atomic mass is 16.5. The van der Waals surface area contributed by atoms with E-state index in [-0.39, 0.29) is 5.54 Å². The molecule has 4 heteroatoms. The van der Waals surface area contributed by atoms with E-state index in [4.69, 9.17) is 9.72 Å². The molecule has 21 heavy (non-hydrogen) atoms. The highest BCUT2D eigenvalue weighted by molar-refractivity contribution is 5.45. The number of hydrogen-bond donors (Lipinski definition) is 1. The molecule has 4 nitrogen and oxygen atoms in total. The molecule has 1 N–H and O–H groups in total. The van der Waals surface area contributed by atoms with Crippen LogP contribution in [0.5, 0.6) is 0 Å². The lowest BCUT2D eigenvalue weighted by Crippen LogP contribution is -2.53. The Balaban J connectivity index is 2.07. The van der Waals surface area contributed by atoms with Gasteiger partial charge in [-0.2, -0.15) is 0 Å². The van der Waals surface area contributed by atoms with Crippen LogP contribution in [-0.2, 0) is 11.3 Å². The predicted molar refractivity (Wildman–Crippen MR) is 87.8 cm³/mol. The van der Waals surface area contributed by atoms with Gasteiger partial charge in [0.15, 0.2) is 0 Å². The number of anilines is 1. The van der Waals surface area contributed by atoms with Crippen LogP contribution in [0.3, 0.4) is 0 Å². The fourth-order valence-corrected chi connectivity index (χ4v) is 2.69. The second-order valence-electron chi connectivity index (χ2n) is 6.96. The fraction of sp³-hybridized carbons (Fsp3) is 0.706. The maximum atomic E-state index is 5.59. The summed E-state index contributed by atoms with van der Waals surface area (Å²) in [4.78, 5) is 7.18. The lowest BCUT2D eigenvalue weighted by Gasteiger charge is -2.43. The molecular formula is C17H29N3O. The molecule has 1 fully saturated rings. The minimum absolute atomic E-state index is 0.00903. The molecule has 0 atom stereocenters. The smallest absolute Gasteiger partial charge is 0.129 e. The van der Waals surface area contributed by atoms with Gasteiger partial charge in [-0.3, -0.25) is 0 Å². The Labute approximate surface area is 128 Å². The normalized spacial score (nSPS) is 18.3. The van der Waals surface area contributed by atoms with Crippen molar-refractivity contribution in [3.63, 3.8) is 0 Å². The summed E-state index contributed by atoms with van der Waals surface area (Å²) < 4.78 is 5.59. The van der Waals surface area contributed by atoms with E-state index in [0.29, 0.717) is 5.92 Å². The van der Waals surface area contributed by atoms with Crippen molar-refractivity contribution >= 4 is 5.82 Å². The first-order valence-electron chi connectivity index (χ1n) is 7.93. The molecule has 1 aromatic rings. The van der Waals surface area contributed by atoms with E-state index >= 15 is 0 Å². The molecule has 0 bridgehead atoms. The van der Waals surface area contributed by atoms with Crippen LogP contribution < -0.4 is 10.2 Å². The van der Waals surface area contributed by atoms with Gasteiger partial charge in [0, 0.05) is 18.8 Å². The van der Waals surface area contributed by atoms with E-state index in [0.717, 1.165) is 44.4 Å². The maximum Gasteiger partial charge on any atom is 0.129 e. The van der Waals surface area contributed by atoms with Crippen molar-refractivity contribution in [3.05, 3.63) is 23.4 Å². The molecule has 0 radical (unpaired) electrons. The Morgan fingerprint density at radius 1 is 1.38 bits per heavy atom. The number of aromatic nitrogens is 1. The highest BCUT2D eigenvalue weighted by Gasteiger charge is 2.31. The van der Waals surface area contributed by atoms with Gasteiger partial charge >= 0.3 is 0 Å². The molecule has 0 amide bonds. The minimum atomic E-state index is 0.00903. The van der Waals surface area contributed by atoms with E-state index in [2.05, 4.69) is 57.0 Å². The summed E-state index contributed by atoms with van der Waals surface area (Å²) in [5, 5.41) is 3.48. The zero-order valence-electron chi connectivity index (χ0n) is 14.1. The van der Waals surface area contributed by atoms with Gasteiger partial charge in [-0.25, -0.2) is 4.98 Å². The van der Waals surface area contributed by atoms with Crippen molar-refractivity contribution in [1.29, 1.82) is 0 Å². The monoisotopic (exact) mass is 291 g/mol. The molecule has 2 heterocycles. The van der Waals surface area contributed by atoms with E-state index < -0.39 is 0 Å².